The highest BCUT2D eigenvalue weighted by Gasteiger charge is 2.12. The lowest BCUT2D eigenvalue weighted by molar-refractivity contribution is 0.146. The topological polar surface area (TPSA) is 12.0 Å². The Labute approximate surface area is 86.3 Å². The first-order chi connectivity index (χ1) is 7.15. The van der Waals surface area contributed by atoms with Gasteiger partial charge in [0.05, 0.1) is 12.1 Å². The molecule has 4 heteroatoms. The maximum Gasteiger partial charge on any atom is 0.266 e. The van der Waals surface area contributed by atoms with Crippen molar-refractivity contribution in [2.24, 2.45) is 0 Å². The Kier molecular flexibility index (Phi) is 4.19. The third kappa shape index (κ3) is 3.30. The molecule has 0 saturated heterocycles. The number of alkyl halides is 2. The van der Waals surface area contributed by atoms with Crippen molar-refractivity contribution >= 4 is 0 Å². The number of benzene rings is 1. The zero-order valence-electron chi connectivity index (χ0n) is 8.15. The molecule has 1 N–H and O–H groups in total. The molecule has 1 aromatic carbocycles. The first kappa shape index (κ1) is 11.6. The van der Waals surface area contributed by atoms with Crippen LogP contribution in [0.25, 0.3) is 0 Å². The van der Waals surface area contributed by atoms with Gasteiger partial charge in [-0.15, -0.1) is 0 Å². The molecule has 0 fully saturated rings. The predicted molar refractivity (Wildman–Crippen MR) is 52.2 cm³/mol. The average molecular weight is 213 g/mol. The highest BCUT2D eigenvalue weighted by atomic mass is 19.3. The highest BCUT2D eigenvalue weighted by Crippen LogP contribution is 2.22. The van der Waals surface area contributed by atoms with E-state index in [0.29, 0.717) is 12.1 Å². The van der Waals surface area contributed by atoms with E-state index in [9.17, 15) is 13.2 Å². The molecule has 0 heterocycles. The van der Waals surface area contributed by atoms with Crippen molar-refractivity contribution in [3.05, 3.63) is 35.1 Å². The zero-order valence-corrected chi connectivity index (χ0v) is 8.15. The summed E-state index contributed by atoms with van der Waals surface area (Å²) in [5.74, 6) is 4.45. The Morgan fingerprint density at radius 1 is 1.40 bits per heavy atom. The predicted octanol–water partition coefficient (Wildman–Crippen LogP) is 2.33. The van der Waals surface area contributed by atoms with Crippen LogP contribution in [0.4, 0.5) is 13.2 Å². The largest absolute Gasteiger partial charge is 0.309 e. The highest BCUT2D eigenvalue weighted by molar-refractivity contribution is 5.37. The van der Waals surface area contributed by atoms with Gasteiger partial charge in [0.2, 0.25) is 0 Å². The molecule has 0 aliphatic carbocycles. The molecule has 0 atom stereocenters. The molecule has 15 heavy (non-hydrogen) atoms. The minimum Gasteiger partial charge on any atom is -0.309 e. The lowest BCUT2D eigenvalue weighted by Gasteiger charge is -2.01. The van der Waals surface area contributed by atoms with E-state index in [0.717, 1.165) is 12.1 Å². The van der Waals surface area contributed by atoms with Crippen LogP contribution in [0.5, 0.6) is 0 Å². The Morgan fingerprint density at radius 2 is 2.13 bits per heavy atom. The maximum absolute atomic E-state index is 13.0. The molecule has 0 bridgehead atoms. The molecule has 0 aliphatic heterocycles. The van der Waals surface area contributed by atoms with Crippen LogP contribution < -0.4 is 5.32 Å². The van der Waals surface area contributed by atoms with Gasteiger partial charge in [-0.3, -0.25) is 0 Å². The molecule has 1 rings (SSSR count). The molecule has 0 aliphatic rings. The molecular weight excluding hydrogens is 203 g/mol. The summed E-state index contributed by atoms with van der Waals surface area (Å²) in [6.07, 6.45) is -2.79. The maximum atomic E-state index is 13.0. The fourth-order valence-corrected chi connectivity index (χ4v) is 1.02. The van der Waals surface area contributed by atoms with Crippen LogP contribution in [-0.2, 0) is 0 Å². The van der Waals surface area contributed by atoms with Crippen LogP contribution >= 0.6 is 0 Å². The quantitative estimate of drug-likeness (QED) is 0.743. The monoisotopic (exact) mass is 213 g/mol. The molecule has 0 amide bonds. The second-order valence-electron chi connectivity index (χ2n) is 2.87. The average Bonchev–Trinajstić information content (AvgIpc) is 2.17. The molecular formula is C11H10F3N. The van der Waals surface area contributed by atoms with E-state index in [4.69, 9.17) is 0 Å². The summed E-state index contributed by atoms with van der Waals surface area (Å²) in [5, 5.41) is 2.79. The van der Waals surface area contributed by atoms with E-state index >= 15 is 0 Å². The van der Waals surface area contributed by atoms with Crippen molar-refractivity contribution in [3.63, 3.8) is 0 Å². The van der Waals surface area contributed by atoms with E-state index in [2.05, 4.69) is 17.2 Å². The molecule has 1 nitrogen and oxygen atoms in total. The van der Waals surface area contributed by atoms with Crippen LogP contribution in [0.2, 0.25) is 0 Å². The van der Waals surface area contributed by atoms with Crippen molar-refractivity contribution in [1.82, 2.24) is 5.32 Å². The van der Waals surface area contributed by atoms with Gasteiger partial charge in [0.15, 0.2) is 0 Å². The molecule has 0 saturated carbocycles. The molecule has 1 aromatic rings. The minimum atomic E-state index is -2.79. The number of hydrogen-bond donors (Lipinski definition) is 1. The Bertz CT molecular complexity index is 391. The van der Waals surface area contributed by atoms with Crippen LogP contribution in [0.1, 0.15) is 17.6 Å². The molecule has 0 radical (unpaired) electrons. The van der Waals surface area contributed by atoms with Gasteiger partial charge < -0.3 is 5.32 Å². The third-order valence-corrected chi connectivity index (χ3v) is 1.73. The summed E-state index contributed by atoms with van der Waals surface area (Å²) in [7, 11) is 1.73. The lowest BCUT2D eigenvalue weighted by atomic mass is 10.1. The summed E-state index contributed by atoms with van der Waals surface area (Å²) in [4.78, 5) is 0. The number of rotatable bonds is 2. The van der Waals surface area contributed by atoms with E-state index in [-0.39, 0.29) is 0 Å². The van der Waals surface area contributed by atoms with Crippen LogP contribution in [-0.4, -0.2) is 13.6 Å². The van der Waals surface area contributed by atoms with Crippen molar-refractivity contribution in [2.45, 2.75) is 6.43 Å². The second-order valence-corrected chi connectivity index (χ2v) is 2.87. The SMILES string of the molecule is CNCC#Cc1ccc(C(F)F)c(F)c1. The molecule has 80 valence electrons. The van der Waals surface area contributed by atoms with Gasteiger partial charge in [-0.05, 0) is 25.2 Å². The van der Waals surface area contributed by atoms with E-state index in [1.54, 1.807) is 7.05 Å². The van der Waals surface area contributed by atoms with Crippen molar-refractivity contribution in [1.29, 1.82) is 0 Å². The van der Waals surface area contributed by atoms with Gasteiger partial charge in [0, 0.05) is 5.56 Å². The Hall–Kier alpha value is -1.47. The number of halogens is 3. The van der Waals surface area contributed by atoms with Gasteiger partial charge in [-0.2, -0.15) is 0 Å². The van der Waals surface area contributed by atoms with Crippen molar-refractivity contribution in [3.8, 4) is 11.8 Å². The van der Waals surface area contributed by atoms with Gasteiger partial charge in [0.25, 0.3) is 6.43 Å². The first-order valence-corrected chi connectivity index (χ1v) is 4.36. The summed E-state index contributed by atoms with van der Waals surface area (Å²) < 4.78 is 37.4. The molecule has 0 unspecified atom stereocenters. The fourth-order valence-electron chi connectivity index (χ4n) is 1.02. The lowest BCUT2D eigenvalue weighted by Crippen LogP contribution is -2.04. The summed E-state index contributed by atoms with van der Waals surface area (Å²) >= 11 is 0. The normalized spacial score (nSPS) is 9.93. The first-order valence-electron chi connectivity index (χ1n) is 4.36. The smallest absolute Gasteiger partial charge is 0.266 e. The number of hydrogen-bond acceptors (Lipinski definition) is 1. The van der Waals surface area contributed by atoms with Crippen LogP contribution in [0.15, 0.2) is 18.2 Å². The molecule has 0 aromatic heterocycles. The van der Waals surface area contributed by atoms with Gasteiger partial charge in [-0.25, -0.2) is 13.2 Å². The molecule has 0 spiro atoms. The third-order valence-electron chi connectivity index (χ3n) is 1.73. The van der Waals surface area contributed by atoms with Gasteiger partial charge in [0.1, 0.15) is 5.82 Å². The summed E-state index contributed by atoms with van der Waals surface area (Å²) in [6, 6.07) is 3.46. The van der Waals surface area contributed by atoms with E-state index in [1.165, 1.54) is 6.07 Å². The zero-order chi connectivity index (χ0) is 11.3. The van der Waals surface area contributed by atoms with Crippen LogP contribution in [0, 0.1) is 17.7 Å². The second kappa shape index (κ2) is 5.42. The summed E-state index contributed by atoms with van der Waals surface area (Å²) in [5.41, 5.74) is -0.193. The van der Waals surface area contributed by atoms with Crippen molar-refractivity contribution in [2.75, 3.05) is 13.6 Å². The van der Waals surface area contributed by atoms with E-state index in [1.807, 2.05) is 0 Å². The van der Waals surface area contributed by atoms with Gasteiger partial charge >= 0.3 is 0 Å². The van der Waals surface area contributed by atoms with Gasteiger partial charge in [-0.1, -0.05) is 11.8 Å². The van der Waals surface area contributed by atoms with Crippen LogP contribution in [0.3, 0.4) is 0 Å². The minimum absolute atomic E-state index is 0.396. The standard InChI is InChI=1S/C11H10F3N/c1-15-6-2-3-8-4-5-9(11(13)14)10(12)7-8/h4-5,7,11,15H,6H2,1H3. The Morgan fingerprint density at radius 3 is 2.67 bits per heavy atom. The summed E-state index contributed by atoms with van der Waals surface area (Å²) in [6.45, 7) is 0.470. The fraction of sp³-hybridized carbons (Fsp3) is 0.273. The van der Waals surface area contributed by atoms with E-state index < -0.39 is 17.8 Å². The van der Waals surface area contributed by atoms with Crippen molar-refractivity contribution < 1.29 is 13.2 Å². The Balaban J connectivity index is 2.88. The number of nitrogens with one attached hydrogen (secondary N) is 1.